The molecule has 1 aliphatic heterocycles. The number of hydrogen-bond acceptors (Lipinski definition) is 4. The van der Waals surface area contributed by atoms with Crippen LogP contribution in [-0.4, -0.2) is 56.3 Å². The molecular weight excluding hydrogens is 388 g/mol. The van der Waals surface area contributed by atoms with Crippen LogP contribution in [0.1, 0.15) is 29.3 Å². The largest absolute Gasteiger partial charge is 0.494 e. The summed E-state index contributed by atoms with van der Waals surface area (Å²) in [5, 5.41) is 1.23. The van der Waals surface area contributed by atoms with Gasteiger partial charge in [0.05, 0.1) is 6.61 Å². The lowest BCUT2D eigenvalue weighted by atomic mass is 10.2. The number of rotatable bonds is 7. The van der Waals surface area contributed by atoms with Crippen LogP contribution in [-0.2, 0) is 10.0 Å². The summed E-state index contributed by atoms with van der Waals surface area (Å²) >= 11 is 0. The average Bonchev–Trinajstić information content (AvgIpc) is 2.77. The number of carbonyl (C=O) groups is 1. The van der Waals surface area contributed by atoms with Crippen molar-refractivity contribution in [3.63, 3.8) is 0 Å². The molecule has 0 saturated carbocycles. The standard InChI is InChI=1S/C22H26N2O4S/c1-2-17-28-21-10-8-20(9-11-21)22(25)23-13-15-24(16-14-23)29(26,27)18-12-19-6-4-3-5-7-19/h3-12,18H,2,13-17H2,1H3/b18-12+. The Labute approximate surface area is 172 Å². The lowest BCUT2D eigenvalue weighted by Crippen LogP contribution is -2.50. The van der Waals surface area contributed by atoms with Crippen molar-refractivity contribution < 1.29 is 17.9 Å². The second-order valence-electron chi connectivity index (χ2n) is 6.82. The number of benzene rings is 2. The van der Waals surface area contributed by atoms with E-state index in [9.17, 15) is 13.2 Å². The van der Waals surface area contributed by atoms with Crippen molar-refractivity contribution in [2.75, 3.05) is 32.8 Å². The number of piperazine rings is 1. The lowest BCUT2D eigenvalue weighted by Gasteiger charge is -2.33. The predicted molar refractivity (Wildman–Crippen MR) is 114 cm³/mol. The number of nitrogens with zero attached hydrogens (tertiary/aromatic N) is 2. The summed E-state index contributed by atoms with van der Waals surface area (Å²) in [5.41, 5.74) is 1.41. The van der Waals surface area contributed by atoms with Crippen LogP contribution in [0.4, 0.5) is 0 Å². The van der Waals surface area contributed by atoms with Gasteiger partial charge in [0.1, 0.15) is 5.75 Å². The summed E-state index contributed by atoms with van der Waals surface area (Å²) in [6.45, 7) is 3.98. The lowest BCUT2D eigenvalue weighted by molar-refractivity contribution is 0.0698. The van der Waals surface area contributed by atoms with Crippen molar-refractivity contribution in [2.45, 2.75) is 13.3 Å². The molecule has 1 aliphatic rings. The maximum absolute atomic E-state index is 12.7. The van der Waals surface area contributed by atoms with Crippen LogP contribution < -0.4 is 4.74 Å². The molecule has 1 amide bonds. The highest BCUT2D eigenvalue weighted by Gasteiger charge is 2.27. The number of sulfonamides is 1. The molecule has 0 aromatic heterocycles. The molecule has 1 saturated heterocycles. The minimum atomic E-state index is -3.51. The topological polar surface area (TPSA) is 66.9 Å². The van der Waals surface area contributed by atoms with Gasteiger partial charge in [-0.15, -0.1) is 0 Å². The van der Waals surface area contributed by atoms with Gasteiger partial charge in [-0.05, 0) is 42.3 Å². The normalized spacial score (nSPS) is 15.6. The Morgan fingerprint density at radius 2 is 1.66 bits per heavy atom. The Morgan fingerprint density at radius 3 is 2.28 bits per heavy atom. The van der Waals surface area contributed by atoms with Crippen LogP contribution in [0.15, 0.2) is 60.0 Å². The van der Waals surface area contributed by atoms with Gasteiger partial charge in [0.15, 0.2) is 0 Å². The molecule has 0 spiro atoms. The summed E-state index contributed by atoms with van der Waals surface area (Å²) in [5.74, 6) is 0.647. The smallest absolute Gasteiger partial charge is 0.253 e. The number of carbonyl (C=O) groups excluding carboxylic acids is 1. The number of ether oxygens (including phenoxy) is 1. The van der Waals surface area contributed by atoms with E-state index in [0.717, 1.165) is 17.7 Å². The first-order valence-corrected chi connectivity index (χ1v) is 11.3. The maximum Gasteiger partial charge on any atom is 0.253 e. The molecule has 3 rings (SSSR count). The van der Waals surface area contributed by atoms with Crippen molar-refractivity contribution >= 4 is 22.0 Å². The molecule has 1 heterocycles. The van der Waals surface area contributed by atoms with Crippen LogP contribution in [0, 0.1) is 0 Å². The molecule has 154 valence electrons. The van der Waals surface area contributed by atoms with Crippen LogP contribution in [0.5, 0.6) is 5.75 Å². The zero-order valence-electron chi connectivity index (χ0n) is 16.5. The Balaban J connectivity index is 1.56. The zero-order valence-corrected chi connectivity index (χ0v) is 17.3. The Hall–Kier alpha value is -2.64. The summed E-state index contributed by atoms with van der Waals surface area (Å²) in [6, 6.07) is 16.4. The Bertz CT molecular complexity index is 933. The van der Waals surface area contributed by atoms with Crippen molar-refractivity contribution in [3.05, 3.63) is 71.1 Å². The Kier molecular flexibility index (Phi) is 7.06. The van der Waals surface area contributed by atoms with Gasteiger partial charge in [-0.2, -0.15) is 4.31 Å². The first kappa shape index (κ1) is 21.1. The molecule has 2 aromatic rings. The molecule has 7 heteroatoms. The van der Waals surface area contributed by atoms with Crippen molar-refractivity contribution in [3.8, 4) is 5.75 Å². The monoisotopic (exact) mass is 414 g/mol. The molecule has 2 aromatic carbocycles. The fourth-order valence-corrected chi connectivity index (χ4v) is 4.23. The molecule has 1 fully saturated rings. The van der Waals surface area contributed by atoms with E-state index >= 15 is 0 Å². The van der Waals surface area contributed by atoms with Gasteiger partial charge < -0.3 is 9.64 Å². The van der Waals surface area contributed by atoms with Crippen molar-refractivity contribution in [1.82, 2.24) is 9.21 Å². The van der Waals surface area contributed by atoms with Crippen LogP contribution >= 0.6 is 0 Å². The summed E-state index contributed by atoms with van der Waals surface area (Å²) in [4.78, 5) is 14.4. The number of hydrogen-bond donors (Lipinski definition) is 0. The van der Waals surface area contributed by atoms with Crippen molar-refractivity contribution in [2.24, 2.45) is 0 Å². The Morgan fingerprint density at radius 1 is 1.00 bits per heavy atom. The molecular formula is C22H26N2O4S. The van der Waals surface area contributed by atoms with E-state index in [0.29, 0.717) is 25.3 Å². The molecule has 0 radical (unpaired) electrons. The zero-order chi connectivity index (χ0) is 20.7. The SMILES string of the molecule is CCCOc1ccc(C(=O)N2CCN(S(=O)(=O)/C=C/c3ccccc3)CC2)cc1. The fraction of sp³-hybridized carbons (Fsp3) is 0.318. The molecule has 0 unspecified atom stereocenters. The van der Waals surface area contributed by atoms with Crippen LogP contribution in [0.3, 0.4) is 0 Å². The average molecular weight is 415 g/mol. The van der Waals surface area contributed by atoms with Gasteiger partial charge in [-0.1, -0.05) is 37.3 Å². The van der Waals surface area contributed by atoms with Gasteiger partial charge in [0.2, 0.25) is 10.0 Å². The van der Waals surface area contributed by atoms with Gasteiger partial charge in [0, 0.05) is 37.2 Å². The quantitative estimate of drug-likeness (QED) is 0.698. The minimum Gasteiger partial charge on any atom is -0.494 e. The van der Waals surface area contributed by atoms with E-state index in [2.05, 4.69) is 0 Å². The third-order valence-corrected chi connectivity index (χ3v) is 6.26. The van der Waals surface area contributed by atoms with E-state index in [-0.39, 0.29) is 19.0 Å². The highest BCUT2D eigenvalue weighted by Crippen LogP contribution is 2.17. The van der Waals surface area contributed by atoms with Crippen LogP contribution in [0.25, 0.3) is 6.08 Å². The third-order valence-electron chi connectivity index (χ3n) is 4.69. The molecule has 0 aliphatic carbocycles. The fourth-order valence-electron chi connectivity index (χ4n) is 3.06. The highest BCUT2D eigenvalue weighted by atomic mass is 32.2. The summed E-state index contributed by atoms with van der Waals surface area (Å²) in [7, 11) is -3.51. The first-order chi connectivity index (χ1) is 14.0. The van der Waals surface area contributed by atoms with Gasteiger partial charge in [-0.25, -0.2) is 8.42 Å². The molecule has 0 bridgehead atoms. The van der Waals surface area contributed by atoms with E-state index in [1.165, 1.54) is 9.71 Å². The van der Waals surface area contributed by atoms with Gasteiger partial charge >= 0.3 is 0 Å². The summed E-state index contributed by atoms with van der Waals surface area (Å²) < 4.78 is 32.1. The molecule has 29 heavy (non-hydrogen) atoms. The summed E-state index contributed by atoms with van der Waals surface area (Å²) in [6.07, 6.45) is 2.52. The van der Waals surface area contributed by atoms with E-state index < -0.39 is 10.0 Å². The second-order valence-corrected chi connectivity index (χ2v) is 8.64. The predicted octanol–water partition coefficient (Wildman–Crippen LogP) is 3.23. The van der Waals surface area contributed by atoms with Gasteiger partial charge in [0.25, 0.3) is 5.91 Å². The third kappa shape index (κ3) is 5.68. The number of amides is 1. The first-order valence-electron chi connectivity index (χ1n) is 9.75. The van der Waals surface area contributed by atoms with Crippen LogP contribution in [0.2, 0.25) is 0 Å². The molecule has 0 atom stereocenters. The minimum absolute atomic E-state index is 0.0936. The van der Waals surface area contributed by atoms with Gasteiger partial charge in [-0.3, -0.25) is 4.79 Å². The van der Waals surface area contributed by atoms with E-state index in [1.807, 2.05) is 37.3 Å². The molecule has 0 N–H and O–H groups in total. The van der Waals surface area contributed by atoms with E-state index in [4.69, 9.17) is 4.74 Å². The highest BCUT2D eigenvalue weighted by molar-refractivity contribution is 7.92. The molecule has 6 nitrogen and oxygen atoms in total. The van der Waals surface area contributed by atoms with E-state index in [1.54, 1.807) is 35.2 Å². The second kappa shape index (κ2) is 9.71. The maximum atomic E-state index is 12.7. The van der Waals surface area contributed by atoms with Crippen molar-refractivity contribution in [1.29, 1.82) is 0 Å².